The van der Waals surface area contributed by atoms with Crippen molar-refractivity contribution in [1.29, 1.82) is 0 Å². The summed E-state index contributed by atoms with van der Waals surface area (Å²) in [6, 6.07) is 6.82. The number of benzene rings is 1. The lowest BCUT2D eigenvalue weighted by Gasteiger charge is -2.26. The molecule has 0 radical (unpaired) electrons. The average molecular weight is 363 g/mol. The first kappa shape index (κ1) is 20.3. The first-order chi connectivity index (χ1) is 11.5. The molecule has 1 aromatic heterocycles. The lowest BCUT2D eigenvalue weighted by molar-refractivity contribution is 0.525. The van der Waals surface area contributed by atoms with E-state index in [1.165, 1.54) is 22.0 Å². The second-order valence-corrected chi connectivity index (χ2v) is 10.8. The number of nitrogens with one attached hydrogen (secondary N) is 1. The van der Waals surface area contributed by atoms with Crippen molar-refractivity contribution in [2.45, 2.75) is 78.6 Å². The lowest BCUT2D eigenvalue weighted by Crippen LogP contribution is -2.40. The van der Waals surface area contributed by atoms with Gasteiger partial charge < -0.3 is 9.12 Å². The Morgan fingerprint density at radius 2 is 1.76 bits per heavy atom. The SMILES string of the molecule is CC(C)Cn1cc([C@@H](C)N[S@@+]([O-])C(C)(C)C)c2ccc(C(C)C)cc21. The summed E-state index contributed by atoms with van der Waals surface area (Å²) in [6.07, 6.45) is 2.24. The zero-order valence-electron chi connectivity index (χ0n) is 17.0. The van der Waals surface area contributed by atoms with Gasteiger partial charge in [-0.2, -0.15) is 0 Å². The minimum absolute atomic E-state index is 0.0425. The third-order valence-electron chi connectivity index (χ3n) is 4.47. The molecule has 0 amide bonds. The van der Waals surface area contributed by atoms with E-state index in [9.17, 15) is 4.55 Å². The Bertz CT molecular complexity index is 712. The van der Waals surface area contributed by atoms with Crippen molar-refractivity contribution in [3.63, 3.8) is 0 Å². The quantitative estimate of drug-likeness (QED) is 0.686. The molecule has 0 aliphatic rings. The minimum atomic E-state index is -1.08. The summed E-state index contributed by atoms with van der Waals surface area (Å²) < 4.78 is 17.9. The number of rotatable bonds is 6. The molecule has 0 unspecified atom stereocenters. The standard InChI is InChI=1S/C21H34N2OS/c1-14(2)12-23-13-19(16(5)22-25(24)21(6,7)8)18-10-9-17(15(3)4)11-20(18)23/h9-11,13-16,22H,12H2,1-8H3/t16-,25+/m1/s1. The molecule has 0 aliphatic carbocycles. The third kappa shape index (κ3) is 4.81. The van der Waals surface area contributed by atoms with E-state index in [2.05, 4.69) is 68.3 Å². The second-order valence-electron chi connectivity index (χ2n) is 8.78. The summed E-state index contributed by atoms with van der Waals surface area (Å²) in [4.78, 5) is 0. The molecule has 0 bridgehead atoms. The van der Waals surface area contributed by atoms with Crippen molar-refractivity contribution >= 4 is 22.3 Å². The van der Waals surface area contributed by atoms with Crippen LogP contribution in [0.3, 0.4) is 0 Å². The molecule has 1 aromatic carbocycles. The number of fused-ring (bicyclic) bond motifs is 1. The summed E-state index contributed by atoms with van der Waals surface area (Å²) in [6.45, 7) is 18.0. The summed E-state index contributed by atoms with van der Waals surface area (Å²) >= 11 is -1.08. The maximum Gasteiger partial charge on any atom is 0.136 e. The van der Waals surface area contributed by atoms with E-state index in [1.54, 1.807) is 0 Å². The van der Waals surface area contributed by atoms with Crippen molar-refractivity contribution in [3.05, 3.63) is 35.5 Å². The molecule has 0 spiro atoms. The maximum atomic E-state index is 12.5. The fraction of sp³-hybridized carbons (Fsp3) is 0.619. The lowest BCUT2D eigenvalue weighted by atomic mass is 10.00. The Hall–Kier alpha value is -0.970. The van der Waals surface area contributed by atoms with Gasteiger partial charge in [-0.25, -0.2) is 0 Å². The van der Waals surface area contributed by atoms with Crippen LogP contribution in [0, 0.1) is 5.92 Å². The molecule has 2 aromatic rings. The van der Waals surface area contributed by atoms with Gasteiger partial charge in [0.25, 0.3) is 0 Å². The van der Waals surface area contributed by atoms with Crippen LogP contribution in [-0.4, -0.2) is 13.9 Å². The van der Waals surface area contributed by atoms with Crippen molar-refractivity contribution < 1.29 is 4.55 Å². The van der Waals surface area contributed by atoms with E-state index in [0.29, 0.717) is 11.8 Å². The fourth-order valence-electron chi connectivity index (χ4n) is 2.99. The first-order valence-corrected chi connectivity index (χ1v) is 10.5. The number of hydrogen-bond donors (Lipinski definition) is 1. The van der Waals surface area contributed by atoms with E-state index in [4.69, 9.17) is 0 Å². The number of nitrogens with zero attached hydrogens (tertiary/aromatic N) is 1. The molecular formula is C21H34N2OS. The Labute approximate surface area is 156 Å². The molecule has 0 fully saturated rings. The maximum absolute atomic E-state index is 12.5. The summed E-state index contributed by atoms with van der Waals surface area (Å²) in [7, 11) is 0. The molecule has 0 aliphatic heterocycles. The van der Waals surface area contributed by atoms with E-state index in [0.717, 1.165) is 6.54 Å². The highest BCUT2D eigenvalue weighted by Gasteiger charge is 2.29. The number of aromatic nitrogens is 1. The second kappa shape index (κ2) is 7.73. The van der Waals surface area contributed by atoms with E-state index >= 15 is 0 Å². The van der Waals surface area contributed by atoms with Crippen LogP contribution in [0.4, 0.5) is 0 Å². The smallest absolute Gasteiger partial charge is 0.136 e. The van der Waals surface area contributed by atoms with Crippen molar-refractivity contribution in [1.82, 2.24) is 9.29 Å². The third-order valence-corrected chi connectivity index (χ3v) is 6.15. The molecule has 4 heteroatoms. The van der Waals surface area contributed by atoms with Crippen molar-refractivity contribution in [2.24, 2.45) is 5.92 Å². The normalized spacial score (nSPS) is 15.3. The molecule has 1 heterocycles. The van der Waals surface area contributed by atoms with Gasteiger partial charge in [0, 0.05) is 35.0 Å². The Kier molecular flexibility index (Phi) is 6.29. The zero-order chi connectivity index (χ0) is 18.9. The molecule has 25 heavy (non-hydrogen) atoms. The van der Waals surface area contributed by atoms with Crippen molar-refractivity contribution in [2.75, 3.05) is 0 Å². The summed E-state index contributed by atoms with van der Waals surface area (Å²) in [5, 5.41) is 1.26. The van der Waals surface area contributed by atoms with Gasteiger partial charge in [-0.15, -0.1) is 4.72 Å². The topological polar surface area (TPSA) is 40.0 Å². The number of hydrogen-bond acceptors (Lipinski definition) is 2. The molecule has 2 atom stereocenters. The fourth-order valence-corrected chi connectivity index (χ4v) is 3.79. The highest BCUT2D eigenvalue weighted by Crippen LogP contribution is 2.31. The minimum Gasteiger partial charge on any atom is -0.598 e. The zero-order valence-corrected chi connectivity index (χ0v) is 17.8. The van der Waals surface area contributed by atoms with Crippen LogP contribution < -0.4 is 4.72 Å². The molecule has 140 valence electrons. The van der Waals surface area contributed by atoms with Gasteiger partial charge in [-0.3, -0.25) is 0 Å². The average Bonchev–Trinajstić information content (AvgIpc) is 2.83. The predicted molar refractivity (Wildman–Crippen MR) is 110 cm³/mol. The van der Waals surface area contributed by atoms with Crippen LogP contribution in [0.25, 0.3) is 10.9 Å². The first-order valence-electron chi connectivity index (χ1n) is 9.31. The van der Waals surface area contributed by atoms with Crippen LogP contribution >= 0.6 is 0 Å². The Morgan fingerprint density at radius 1 is 1.12 bits per heavy atom. The van der Waals surface area contributed by atoms with Gasteiger partial charge in [0.15, 0.2) is 0 Å². The van der Waals surface area contributed by atoms with Crippen LogP contribution in [0.15, 0.2) is 24.4 Å². The van der Waals surface area contributed by atoms with Crippen LogP contribution in [-0.2, 0) is 17.9 Å². The van der Waals surface area contributed by atoms with Crippen molar-refractivity contribution in [3.8, 4) is 0 Å². The van der Waals surface area contributed by atoms with Crippen LogP contribution in [0.5, 0.6) is 0 Å². The van der Waals surface area contributed by atoms with E-state index in [-0.39, 0.29) is 10.8 Å². The molecule has 3 nitrogen and oxygen atoms in total. The van der Waals surface area contributed by atoms with Gasteiger partial charge in [-0.1, -0.05) is 39.8 Å². The molecular weight excluding hydrogens is 328 g/mol. The van der Waals surface area contributed by atoms with Gasteiger partial charge in [0.2, 0.25) is 0 Å². The summed E-state index contributed by atoms with van der Waals surface area (Å²) in [5.74, 6) is 1.09. The Morgan fingerprint density at radius 3 is 2.28 bits per heavy atom. The van der Waals surface area contributed by atoms with Crippen LogP contribution in [0.1, 0.15) is 78.5 Å². The van der Waals surface area contributed by atoms with Crippen LogP contribution in [0.2, 0.25) is 0 Å². The Balaban J connectivity index is 2.45. The van der Waals surface area contributed by atoms with Gasteiger partial charge >= 0.3 is 0 Å². The monoisotopic (exact) mass is 362 g/mol. The largest absolute Gasteiger partial charge is 0.598 e. The molecule has 1 N–H and O–H groups in total. The molecule has 0 saturated heterocycles. The molecule has 0 saturated carbocycles. The van der Waals surface area contributed by atoms with Gasteiger partial charge in [0.05, 0.1) is 6.04 Å². The van der Waals surface area contributed by atoms with Gasteiger partial charge in [-0.05, 0) is 56.7 Å². The molecule has 2 rings (SSSR count). The highest BCUT2D eigenvalue weighted by atomic mass is 32.2. The van der Waals surface area contributed by atoms with Gasteiger partial charge in [0.1, 0.15) is 4.75 Å². The van der Waals surface area contributed by atoms with E-state index < -0.39 is 11.4 Å². The predicted octanol–water partition coefficient (Wildman–Crippen LogP) is 5.53. The highest BCUT2D eigenvalue weighted by molar-refractivity contribution is 7.90. The van der Waals surface area contributed by atoms with E-state index in [1.807, 2.05) is 20.8 Å². The summed E-state index contributed by atoms with van der Waals surface area (Å²) in [5.41, 5.74) is 3.87.